The van der Waals surface area contributed by atoms with E-state index in [4.69, 9.17) is 4.74 Å². The van der Waals surface area contributed by atoms with Crippen LogP contribution in [0, 0.1) is 5.92 Å². The van der Waals surface area contributed by atoms with Crippen LogP contribution in [0.15, 0.2) is 35.3 Å². The molecule has 0 spiro atoms. The molecule has 0 saturated carbocycles. The molecule has 0 atom stereocenters. The molecule has 0 unspecified atom stereocenters. The Labute approximate surface area is 150 Å². The number of nitrogens with zero attached hydrogens (tertiary/aromatic N) is 2. The van der Waals surface area contributed by atoms with Crippen molar-refractivity contribution in [3.05, 3.63) is 30.3 Å². The third kappa shape index (κ3) is 6.29. The summed E-state index contributed by atoms with van der Waals surface area (Å²) < 4.78 is 6.03. The largest absolute Gasteiger partial charge is 0.490 e. The van der Waals surface area contributed by atoms with Crippen molar-refractivity contribution in [1.82, 2.24) is 15.5 Å². The quantitative estimate of drug-likeness (QED) is 0.469. The number of rotatable bonds is 6. The van der Waals surface area contributed by atoms with E-state index in [1.165, 1.54) is 0 Å². The molecule has 1 aromatic carbocycles. The maximum Gasteiger partial charge on any atom is 0.222 e. The average Bonchev–Trinajstić information content (AvgIpc) is 2.63. The number of para-hydroxylation sites is 1. The highest BCUT2D eigenvalue weighted by Crippen LogP contribution is 2.18. The molecule has 25 heavy (non-hydrogen) atoms. The van der Waals surface area contributed by atoms with Crippen LogP contribution >= 0.6 is 0 Å². The van der Waals surface area contributed by atoms with Crippen molar-refractivity contribution in [2.75, 3.05) is 33.2 Å². The number of ether oxygens (including phenoxy) is 1. The van der Waals surface area contributed by atoms with Crippen LogP contribution in [-0.2, 0) is 4.79 Å². The van der Waals surface area contributed by atoms with Crippen LogP contribution in [0.3, 0.4) is 0 Å². The third-order valence-electron chi connectivity index (χ3n) is 4.23. The van der Waals surface area contributed by atoms with Gasteiger partial charge in [0.15, 0.2) is 5.96 Å². The normalized spacial score (nSPS) is 16.0. The van der Waals surface area contributed by atoms with Gasteiger partial charge in [0, 0.05) is 52.0 Å². The van der Waals surface area contributed by atoms with Gasteiger partial charge in [-0.1, -0.05) is 32.0 Å². The third-order valence-corrected chi connectivity index (χ3v) is 4.23. The zero-order valence-electron chi connectivity index (χ0n) is 15.5. The highest BCUT2D eigenvalue weighted by atomic mass is 16.5. The lowest BCUT2D eigenvalue weighted by atomic mass is 10.1. The van der Waals surface area contributed by atoms with Crippen molar-refractivity contribution in [2.24, 2.45) is 10.9 Å². The van der Waals surface area contributed by atoms with Gasteiger partial charge in [-0.3, -0.25) is 9.79 Å². The second kappa shape index (κ2) is 9.91. The summed E-state index contributed by atoms with van der Waals surface area (Å²) in [6.45, 7) is 6.88. The van der Waals surface area contributed by atoms with E-state index in [0.29, 0.717) is 13.1 Å². The standard InChI is InChI=1S/C19H30N4O2/c1-15(2)18(24)21-11-12-22-19(20-3)23-13-9-17(10-14-23)25-16-7-5-4-6-8-16/h4-8,15,17H,9-14H2,1-3H3,(H,20,22)(H,21,24). The molecular weight excluding hydrogens is 316 g/mol. The summed E-state index contributed by atoms with van der Waals surface area (Å²) in [4.78, 5) is 18.1. The van der Waals surface area contributed by atoms with E-state index in [2.05, 4.69) is 20.5 Å². The van der Waals surface area contributed by atoms with E-state index in [-0.39, 0.29) is 17.9 Å². The fraction of sp³-hybridized carbons (Fsp3) is 0.579. The van der Waals surface area contributed by atoms with Crippen molar-refractivity contribution < 1.29 is 9.53 Å². The molecule has 1 amide bonds. The Morgan fingerprint density at radius 1 is 1.20 bits per heavy atom. The Morgan fingerprint density at radius 3 is 2.44 bits per heavy atom. The summed E-state index contributed by atoms with van der Waals surface area (Å²) in [6.07, 6.45) is 2.20. The van der Waals surface area contributed by atoms with Crippen LogP contribution < -0.4 is 15.4 Å². The SMILES string of the molecule is CN=C(NCCNC(=O)C(C)C)N1CCC(Oc2ccccc2)CC1. The van der Waals surface area contributed by atoms with Crippen molar-refractivity contribution in [2.45, 2.75) is 32.8 Å². The number of nitrogens with one attached hydrogen (secondary N) is 2. The lowest BCUT2D eigenvalue weighted by Gasteiger charge is -2.34. The minimum absolute atomic E-state index is 0.0166. The maximum absolute atomic E-state index is 11.6. The molecule has 0 radical (unpaired) electrons. The van der Waals surface area contributed by atoms with Crippen molar-refractivity contribution in [3.63, 3.8) is 0 Å². The molecule has 0 aromatic heterocycles. The fourth-order valence-electron chi connectivity index (χ4n) is 2.77. The summed E-state index contributed by atoms with van der Waals surface area (Å²) >= 11 is 0. The van der Waals surface area contributed by atoms with Crippen LogP contribution in [0.25, 0.3) is 0 Å². The van der Waals surface area contributed by atoms with Crippen LogP contribution in [0.4, 0.5) is 0 Å². The van der Waals surface area contributed by atoms with Gasteiger partial charge in [-0.15, -0.1) is 0 Å². The van der Waals surface area contributed by atoms with Gasteiger partial charge in [0.25, 0.3) is 0 Å². The Bertz CT molecular complexity index is 552. The number of amides is 1. The van der Waals surface area contributed by atoms with Gasteiger partial charge in [0.05, 0.1) is 0 Å². The van der Waals surface area contributed by atoms with Gasteiger partial charge < -0.3 is 20.3 Å². The molecule has 1 saturated heterocycles. The second-order valence-electron chi connectivity index (χ2n) is 6.54. The van der Waals surface area contributed by atoms with E-state index in [1.54, 1.807) is 7.05 Å². The lowest BCUT2D eigenvalue weighted by molar-refractivity contribution is -0.123. The molecule has 0 aliphatic carbocycles. The van der Waals surface area contributed by atoms with Crippen LogP contribution in [0.1, 0.15) is 26.7 Å². The van der Waals surface area contributed by atoms with E-state index in [1.807, 2.05) is 44.2 Å². The number of carbonyl (C=O) groups excluding carboxylic acids is 1. The number of piperidine rings is 1. The number of guanidine groups is 1. The molecular formula is C19H30N4O2. The summed E-state index contributed by atoms with van der Waals surface area (Å²) in [5, 5.41) is 6.22. The van der Waals surface area contributed by atoms with Gasteiger partial charge in [-0.05, 0) is 12.1 Å². The van der Waals surface area contributed by atoms with E-state index >= 15 is 0 Å². The summed E-state index contributed by atoms with van der Waals surface area (Å²) in [5.74, 6) is 1.92. The molecule has 1 fully saturated rings. The van der Waals surface area contributed by atoms with Gasteiger partial charge in [-0.25, -0.2) is 0 Å². The Balaban J connectivity index is 1.70. The number of carbonyl (C=O) groups is 1. The Hall–Kier alpha value is -2.24. The number of hydrogen-bond donors (Lipinski definition) is 2. The molecule has 2 N–H and O–H groups in total. The predicted octanol–water partition coefficient (Wildman–Crippen LogP) is 1.88. The predicted molar refractivity (Wildman–Crippen MR) is 101 cm³/mol. The minimum Gasteiger partial charge on any atom is -0.490 e. The van der Waals surface area contributed by atoms with E-state index in [9.17, 15) is 4.79 Å². The molecule has 1 heterocycles. The highest BCUT2D eigenvalue weighted by Gasteiger charge is 2.22. The maximum atomic E-state index is 11.6. The molecule has 1 aromatic rings. The summed E-state index contributed by atoms with van der Waals surface area (Å²) in [7, 11) is 1.79. The number of likely N-dealkylation sites (tertiary alicyclic amines) is 1. The first-order chi connectivity index (χ1) is 12.1. The Morgan fingerprint density at radius 2 is 1.84 bits per heavy atom. The zero-order chi connectivity index (χ0) is 18.1. The monoisotopic (exact) mass is 346 g/mol. The van der Waals surface area contributed by atoms with Gasteiger partial charge >= 0.3 is 0 Å². The molecule has 1 aliphatic heterocycles. The molecule has 0 bridgehead atoms. The molecule has 1 aliphatic rings. The van der Waals surface area contributed by atoms with Crippen LogP contribution in [0.5, 0.6) is 5.75 Å². The van der Waals surface area contributed by atoms with Gasteiger partial charge in [0.2, 0.25) is 5.91 Å². The van der Waals surface area contributed by atoms with Crippen molar-refractivity contribution >= 4 is 11.9 Å². The molecule has 138 valence electrons. The number of benzene rings is 1. The Kier molecular flexibility index (Phi) is 7.57. The average molecular weight is 346 g/mol. The molecule has 2 rings (SSSR count). The fourth-order valence-corrected chi connectivity index (χ4v) is 2.77. The van der Waals surface area contributed by atoms with E-state index in [0.717, 1.165) is 37.6 Å². The highest BCUT2D eigenvalue weighted by molar-refractivity contribution is 5.80. The number of aliphatic imine (C=N–C) groups is 1. The van der Waals surface area contributed by atoms with Gasteiger partial charge in [-0.2, -0.15) is 0 Å². The minimum atomic E-state index is 0.0166. The smallest absolute Gasteiger partial charge is 0.222 e. The van der Waals surface area contributed by atoms with Crippen LogP contribution in [0.2, 0.25) is 0 Å². The molecule has 6 heteroatoms. The summed E-state index contributed by atoms with van der Waals surface area (Å²) in [6, 6.07) is 9.98. The van der Waals surface area contributed by atoms with Crippen LogP contribution in [-0.4, -0.2) is 56.1 Å². The topological polar surface area (TPSA) is 66.0 Å². The summed E-state index contributed by atoms with van der Waals surface area (Å²) in [5.41, 5.74) is 0. The first kappa shape index (κ1) is 19.1. The lowest BCUT2D eigenvalue weighted by Crippen LogP contribution is -2.49. The second-order valence-corrected chi connectivity index (χ2v) is 6.54. The van der Waals surface area contributed by atoms with Gasteiger partial charge in [0.1, 0.15) is 11.9 Å². The zero-order valence-corrected chi connectivity index (χ0v) is 15.5. The first-order valence-corrected chi connectivity index (χ1v) is 9.05. The van der Waals surface area contributed by atoms with Crippen molar-refractivity contribution in [1.29, 1.82) is 0 Å². The number of hydrogen-bond acceptors (Lipinski definition) is 3. The van der Waals surface area contributed by atoms with E-state index < -0.39 is 0 Å². The molecule has 6 nitrogen and oxygen atoms in total. The van der Waals surface area contributed by atoms with Crippen molar-refractivity contribution in [3.8, 4) is 5.75 Å². The first-order valence-electron chi connectivity index (χ1n) is 9.05.